The molecule has 1 aromatic rings. The summed E-state index contributed by atoms with van der Waals surface area (Å²) < 4.78 is 11.0. The lowest BCUT2D eigenvalue weighted by molar-refractivity contribution is 0.0195. The molecule has 0 aromatic heterocycles. The molecule has 1 unspecified atom stereocenters. The topological polar surface area (TPSA) is 52.6 Å². The van der Waals surface area contributed by atoms with Crippen LogP contribution in [0.25, 0.3) is 0 Å². The van der Waals surface area contributed by atoms with Crippen molar-refractivity contribution in [2.24, 2.45) is 4.99 Å². The van der Waals surface area contributed by atoms with Crippen LogP contribution in [0.5, 0.6) is 0 Å². The van der Waals surface area contributed by atoms with Crippen molar-refractivity contribution in [3.05, 3.63) is 35.4 Å². The zero-order chi connectivity index (χ0) is 20.6. The first kappa shape index (κ1) is 21.6. The molecule has 1 aromatic carbocycles. The molecule has 0 radical (unpaired) electrons. The molecule has 0 bridgehead atoms. The van der Waals surface area contributed by atoms with E-state index in [1.807, 2.05) is 0 Å². The molecule has 0 spiro atoms. The number of benzene rings is 1. The number of likely N-dealkylation sites (tertiary alicyclic amines) is 1. The van der Waals surface area contributed by atoms with Crippen molar-refractivity contribution >= 4 is 5.96 Å². The van der Waals surface area contributed by atoms with Gasteiger partial charge in [0.05, 0.1) is 33.0 Å². The smallest absolute Gasteiger partial charge is 0.194 e. The van der Waals surface area contributed by atoms with Crippen LogP contribution < -0.4 is 5.32 Å². The maximum absolute atomic E-state index is 5.52. The number of morpholine rings is 2. The Morgan fingerprint density at radius 2 is 1.70 bits per heavy atom. The number of ether oxygens (including phenoxy) is 2. The van der Waals surface area contributed by atoms with Crippen molar-refractivity contribution in [1.82, 2.24) is 20.0 Å². The monoisotopic (exact) mass is 415 g/mol. The van der Waals surface area contributed by atoms with E-state index in [0.717, 1.165) is 91.3 Å². The van der Waals surface area contributed by atoms with E-state index in [9.17, 15) is 0 Å². The lowest BCUT2D eigenvalue weighted by Gasteiger charge is -2.32. The third-order valence-corrected chi connectivity index (χ3v) is 6.38. The van der Waals surface area contributed by atoms with Gasteiger partial charge in [0, 0.05) is 58.4 Å². The molecular formula is C23H37N5O2. The van der Waals surface area contributed by atoms with E-state index in [1.54, 1.807) is 0 Å². The fraction of sp³-hybridized carbons (Fsp3) is 0.696. The van der Waals surface area contributed by atoms with Crippen molar-refractivity contribution in [2.75, 3.05) is 72.2 Å². The highest BCUT2D eigenvalue weighted by atomic mass is 16.5. The Morgan fingerprint density at radius 1 is 1.00 bits per heavy atom. The lowest BCUT2D eigenvalue weighted by Crippen LogP contribution is -2.46. The third kappa shape index (κ3) is 5.72. The van der Waals surface area contributed by atoms with E-state index in [-0.39, 0.29) is 0 Å². The van der Waals surface area contributed by atoms with Crippen LogP contribution >= 0.6 is 0 Å². The van der Waals surface area contributed by atoms with Crippen LogP contribution in [-0.4, -0.2) is 98.9 Å². The molecule has 1 N–H and O–H groups in total. The minimum Gasteiger partial charge on any atom is -0.379 e. The second-order valence-corrected chi connectivity index (χ2v) is 8.36. The van der Waals surface area contributed by atoms with Crippen LogP contribution in [0.15, 0.2) is 29.3 Å². The van der Waals surface area contributed by atoms with Gasteiger partial charge < -0.3 is 19.7 Å². The fourth-order valence-corrected chi connectivity index (χ4v) is 4.63. The molecule has 3 fully saturated rings. The largest absolute Gasteiger partial charge is 0.379 e. The quantitative estimate of drug-likeness (QED) is 0.560. The highest BCUT2D eigenvalue weighted by Crippen LogP contribution is 2.18. The standard InChI is InChI=1S/C23H37N5O2/c1-2-24-23(28-8-7-22(19-28)27-11-15-30-16-12-27)25-17-20-5-3-4-6-21(20)18-26-9-13-29-14-10-26/h3-6,22H,2,7-19H2,1H3,(H,24,25). The number of aliphatic imine (C=N–C) groups is 1. The number of nitrogens with one attached hydrogen (secondary N) is 1. The van der Waals surface area contributed by atoms with E-state index >= 15 is 0 Å². The summed E-state index contributed by atoms with van der Waals surface area (Å²) in [5.41, 5.74) is 2.70. The van der Waals surface area contributed by atoms with Gasteiger partial charge in [0.15, 0.2) is 5.96 Å². The molecule has 0 amide bonds. The summed E-state index contributed by atoms with van der Waals surface area (Å²) in [7, 11) is 0. The normalized spacial score (nSPS) is 24.4. The first-order valence-corrected chi connectivity index (χ1v) is 11.6. The van der Waals surface area contributed by atoms with Crippen LogP contribution in [0.1, 0.15) is 24.5 Å². The molecule has 0 saturated carbocycles. The van der Waals surface area contributed by atoms with Gasteiger partial charge in [0.2, 0.25) is 0 Å². The van der Waals surface area contributed by atoms with Gasteiger partial charge in [-0.2, -0.15) is 0 Å². The molecular weight excluding hydrogens is 378 g/mol. The van der Waals surface area contributed by atoms with E-state index in [4.69, 9.17) is 14.5 Å². The predicted molar refractivity (Wildman–Crippen MR) is 120 cm³/mol. The zero-order valence-corrected chi connectivity index (χ0v) is 18.4. The lowest BCUT2D eigenvalue weighted by atomic mass is 10.1. The molecule has 3 heterocycles. The van der Waals surface area contributed by atoms with E-state index in [0.29, 0.717) is 6.04 Å². The molecule has 3 saturated heterocycles. The maximum Gasteiger partial charge on any atom is 0.194 e. The summed E-state index contributed by atoms with van der Waals surface area (Å²) in [6, 6.07) is 9.36. The first-order chi connectivity index (χ1) is 14.8. The van der Waals surface area contributed by atoms with E-state index in [2.05, 4.69) is 51.2 Å². The van der Waals surface area contributed by atoms with Crippen molar-refractivity contribution < 1.29 is 9.47 Å². The van der Waals surface area contributed by atoms with Crippen molar-refractivity contribution in [3.8, 4) is 0 Å². The van der Waals surface area contributed by atoms with Gasteiger partial charge in [-0.1, -0.05) is 24.3 Å². The summed E-state index contributed by atoms with van der Waals surface area (Å²) in [6.07, 6.45) is 1.21. The molecule has 7 heteroatoms. The van der Waals surface area contributed by atoms with Crippen molar-refractivity contribution in [1.29, 1.82) is 0 Å². The number of guanidine groups is 1. The Bertz CT molecular complexity index is 686. The van der Waals surface area contributed by atoms with Crippen molar-refractivity contribution in [2.45, 2.75) is 32.5 Å². The molecule has 1 atom stereocenters. The highest BCUT2D eigenvalue weighted by Gasteiger charge is 2.30. The summed E-state index contributed by atoms with van der Waals surface area (Å²) in [6.45, 7) is 14.4. The van der Waals surface area contributed by atoms with E-state index < -0.39 is 0 Å². The fourth-order valence-electron chi connectivity index (χ4n) is 4.63. The van der Waals surface area contributed by atoms with Gasteiger partial charge >= 0.3 is 0 Å². The second kappa shape index (κ2) is 11.1. The van der Waals surface area contributed by atoms with Gasteiger partial charge in [-0.25, -0.2) is 4.99 Å². The summed E-state index contributed by atoms with van der Waals surface area (Å²) in [5, 5.41) is 3.52. The van der Waals surface area contributed by atoms with Gasteiger partial charge in [-0.05, 0) is 24.5 Å². The number of nitrogens with zero attached hydrogens (tertiary/aromatic N) is 4. The van der Waals surface area contributed by atoms with Gasteiger partial charge in [0.1, 0.15) is 0 Å². The molecule has 4 rings (SSSR count). The number of hydrogen-bond donors (Lipinski definition) is 1. The van der Waals surface area contributed by atoms with Crippen LogP contribution in [0.4, 0.5) is 0 Å². The molecule has 3 aliphatic rings. The Morgan fingerprint density at radius 3 is 2.43 bits per heavy atom. The van der Waals surface area contributed by atoms with Gasteiger partial charge in [-0.15, -0.1) is 0 Å². The number of hydrogen-bond acceptors (Lipinski definition) is 5. The van der Waals surface area contributed by atoms with Crippen molar-refractivity contribution in [3.63, 3.8) is 0 Å². The third-order valence-electron chi connectivity index (χ3n) is 6.38. The zero-order valence-electron chi connectivity index (χ0n) is 18.4. The van der Waals surface area contributed by atoms with Crippen LogP contribution in [0.3, 0.4) is 0 Å². The predicted octanol–water partition coefficient (Wildman–Crippen LogP) is 1.39. The average Bonchev–Trinajstić information content (AvgIpc) is 3.29. The van der Waals surface area contributed by atoms with E-state index in [1.165, 1.54) is 17.5 Å². The van der Waals surface area contributed by atoms with Crippen LogP contribution in [-0.2, 0) is 22.6 Å². The number of rotatable bonds is 6. The second-order valence-electron chi connectivity index (χ2n) is 8.36. The Kier molecular flexibility index (Phi) is 7.97. The Balaban J connectivity index is 1.39. The average molecular weight is 416 g/mol. The maximum atomic E-state index is 5.52. The SMILES string of the molecule is CCNC(=NCc1ccccc1CN1CCOCC1)N1CCC(N2CCOCC2)C1. The minimum absolute atomic E-state index is 0.617. The molecule has 3 aliphatic heterocycles. The Labute approximate surface area is 181 Å². The summed E-state index contributed by atoms with van der Waals surface area (Å²) in [4.78, 5) is 12.5. The van der Waals surface area contributed by atoms with Gasteiger partial charge in [0.25, 0.3) is 0 Å². The Hall–Kier alpha value is -1.67. The first-order valence-electron chi connectivity index (χ1n) is 11.6. The summed E-state index contributed by atoms with van der Waals surface area (Å²) in [5.74, 6) is 1.05. The minimum atomic E-state index is 0.617. The molecule has 166 valence electrons. The molecule has 30 heavy (non-hydrogen) atoms. The summed E-state index contributed by atoms with van der Waals surface area (Å²) >= 11 is 0. The molecule has 0 aliphatic carbocycles. The van der Waals surface area contributed by atoms with Crippen LogP contribution in [0.2, 0.25) is 0 Å². The highest BCUT2D eigenvalue weighted by molar-refractivity contribution is 5.80. The van der Waals surface area contributed by atoms with Gasteiger partial charge in [-0.3, -0.25) is 9.80 Å². The van der Waals surface area contributed by atoms with Crippen LogP contribution in [0, 0.1) is 0 Å². The molecule has 7 nitrogen and oxygen atoms in total.